The van der Waals surface area contributed by atoms with E-state index in [1.54, 1.807) is 11.3 Å². The number of carbonyl (C=O) groups is 1. The van der Waals surface area contributed by atoms with Gasteiger partial charge in [-0.1, -0.05) is 0 Å². The number of amides is 1. The Kier molecular flexibility index (Phi) is 2.67. The van der Waals surface area contributed by atoms with E-state index in [0.717, 1.165) is 22.6 Å². The highest BCUT2D eigenvalue weighted by Crippen LogP contribution is 2.46. The monoisotopic (exact) mass is 272 g/mol. The molecule has 1 saturated heterocycles. The molecule has 1 saturated carbocycles. The van der Waals surface area contributed by atoms with Crippen molar-refractivity contribution < 1.29 is 13.6 Å². The fraction of sp³-hybridized carbons (Fsp3) is 0.583. The number of carbonyl (C=O) groups excluding carboxylic acids is 1. The van der Waals surface area contributed by atoms with Crippen molar-refractivity contribution in [2.75, 3.05) is 6.54 Å². The molecule has 2 fully saturated rings. The first-order valence-electron chi connectivity index (χ1n) is 5.95. The van der Waals surface area contributed by atoms with Crippen LogP contribution in [0.15, 0.2) is 12.1 Å². The molecule has 1 amide bonds. The van der Waals surface area contributed by atoms with E-state index >= 15 is 0 Å². The molecule has 1 aromatic heterocycles. The second-order valence-electron chi connectivity index (χ2n) is 4.93. The van der Waals surface area contributed by atoms with Crippen molar-refractivity contribution in [2.24, 2.45) is 0 Å². The molecule has 18 heavy (non-hydrogen) atoms. The molecule has 0 aromatic carbocycles. The number of thiophene rings is 1. The van der Waals surface area contributed by atoms with Crippen LogP contribution in [0.3, 0.4) is 0 Å². The molecular weight excluding hydrogens is 258 g/mol. The minimum absolute atomic E-state index is 0.168. The van der Waals surface area contributed by atoms with E-state index < -0.39 is 18.5 Å². The molecule has 98 valence electrons. The zero-order valence-electron chi connectivity index (χ0n) is 9.95. The Bertz CT molecular complexity index is 484. The summed E-state index contributed by atoms with van der Waals surface area (Å²) in [5.41, 5.74) is -0.544. The van der Waals surface area contributed by atoms with Crippen molar-refractivity contribution in [3.05, 3.63) is 21.9 Å². The summed E-state index contributed by atoms with van der Waals surface area (Å²) in [5.74, 6) is -0.168. The third kappa shape index (κ3) is 1.83. The average molecular weight is 272 g/mol. The molecule has 2 heterocycles. The number of hydrogen-bond donors (Lipinski definition) is 1. The van der Waals surface area contributed by atoms with E-state index in [1.807, 2.05) is 19.1 Å². The highest BCUT2D eigenvalue weighted by atomic mass is 32.1. The molecule has 6 heteroatoms. The second-order valence-corrected chi connectivity index (χ2v) is 6.25. The summed E-state index contributed by atoms with van der Waals surface area (Å²) >= 11 is 1.55. The van der Waals surface area contributed by atoms with Gasteiger partial charge in [0.15, 0.2) is 0 Å². The first kappa shape index (κ1) is 12.0. The van der Waals surface area contributed by atoms with Gasteiger partial charge >= 0.3 is 0 Å². The highest BCUT2D eigenvalue weighted by Gasteiger charge is 2.59. The van der Waals surface area contributed by atoms with Gasteiger partial charge < -0.3 is 4.90 Å². The van der Waals surface area contributed by atoms with Crippen molar-refractivity contribution >= 4 is 17.2 Å². The molecule has 1 aliphatic carbocycles. The van der Waals surface area contributed by atoms with Gasteiger partial charge in [-0.3, -0.25) is 10.1 Å². The van der Waals surface area contributed by atoms with Crippen LogP contribution in [0.1, 0.15) is 28.8 Å². The lowest BCUT2D eigenvalue weighted by Gasteiger charge is -2.22. The summed E-state index contributed by atoms with van der Waals surface area (Å²) in [6.07, 6.45) is -1.36. The van der Waals surface area contributed by atoms with Gasteiger partial charge in [0.1, 0.15) is 11.7 Å². The molecule has 1 N–H and O–H groups in total. The number of hydrogen-bond acceptors (Lipinski definition) is 3. The molecule has 3 rings (SSSR count). The van der Waals surface area contributed by atoms with Gasteiger partial charge in [0.05, 0.1) is 6.54 Å². The van der Waals surface area contributed by atoms with Crippen molar-refractivity contribution in [1.82, 2.24) is 10.2 Å². The van der Waals surface area contributed by atoms with Crippen LogP contribution in [0.25, 0.3) is 0 Å². The number of halogens is 2. The molecule has 1 aromatic rings. The summed E-state index contributed by atoms with van der Waals surface area (Å²) in [4.78, 5) is 15.5. The summed E-state index contributed by atoms with van der Waals surface area (Å²) in [6, 6.07) is 3.86. The zero-order valence-corrected chi connectivity index (χ0v) is 10.8. The van der Waals surface area contributed by atoms with Gasteiger partial charge in [0, 0.05) is 9.75 Å². The molecule has 3 nitrogen and oxygen atoms in total. The zero-order chi connectivity index (χ0) is 12.9. The first-order chi connectivity index (χ1) is 8.52. The number of nitrogens with one attached hydrogen (secondary N) is 1. The normalized spacial score (nSPS) is 25.4. The largest absolute Gasteiger partial charge is 0.315 e. The topological polar surface area (TPSA) is 32.3 Å². The maximum Gasteiger partial charge on any atom is 0.255 e. The van der Waals surface area contributed by atoms with Crippen LogP contribution in [-0.2, 0) is 4.79 Å². The molecule has 0 bridgehead atoms. The standard InChI is InChI=1S/C12H14F2N2OS/c1-7-2-3-8(18-7)10-15-12(4-5-12)11(17)16(10)6-9(13)14/h2-3,9-10,15H,4-6H2,1H3. The van der Waals surface area contributed by atoms with Gasteiger partial charge in [-0.05, 0) is 31.9 Å². The van der Waals surface area contributed by atoms with Crippen molar-refractivity contribution in [2.45, 2.75) is 37.9 Å². The molecule has 1 spiro atoms. The number of rotatable bonds is 3. The van der Waals surface area contributed by atoms with Crippen LogP contribution in [-0.4, -0.2) is 29.3 Å². The van der Waals surface area contributed by atoms with Crippen LogP contribution in [0.5, 0.6) is 0 Å². The quantitative estimate of drug-likeness (QED) is 0.915. The van der Waals surface area contributed by atoms with E-state index in [0.29, 0.717) is 0 Å². The van der Waals surface area contributed by atoms with Gasteiger partial charge in [-0.2, -0.15) is 0 Å². The molecule has 2 aliphatic rings. The Morgan fingerprint density at radius 1 is 1.56 bits per heavy atom. The molecular formula is C12H14F2N2OS. The third-order valence-electron chi connectivity index (χ3n) is 3.51. The van der Waals surface area contributed by atoms with E-state index in [1.165, 1.54) is 4.90 Å². The Hall–Kier alpha value is -1.01. The maximum atomic E-state index is 12.6. The fourth-order valence-electron chi connectivity index (χ4n) is 2.44. The third-order valence-corrected chi connectivity index (χ3v) is 4.56. The first-order valence-corrected chi connectivity index (χ1v) is 6.77. The Balaban J connectivity index is 1.89. The second kappa shape index (κ2) is 3.99. The molecule has 1 aliphatic heterocycles. The van der Waals surface area contributed by atoms with Crippen molar-refractivity contribution in [3.63, 3.8) is 0 Å². The number of alkyl halides is 2. The van der Waals surface area contributed by atoms with Gasteiger partial charge in [-0.15, -0.1) is 11.3 Å². The van der Waals surface area contributed by atoms with Crippen molar-refractivity contribution in [1.29, 1.82) is 0 Å². The molecule has 1 atom stereocenters. The lowest BCUT2D eigenvalue weighted by atomic mass is 10.3. The predicted molar refractivity (Wildman–Crippen MR) is 64.6 cm³/mol. The average Bonchev–Trinajstić information content (AvgIpc) is 2.90. The van der Waals surface area contributed by atoms with Gasteiger partial charge in [-0.25, -0.2) is 8.78 Å². The lowest BCUT2D eigenvalue weighted by molar-refractivity contribution is -0.132. The molecule has 0 radical (unpaired) electrons. The van der Waals surface area contributed by atoms with Crippen molar-refractivity contribution in [3.8, 4) is 0 Å². The number of nitrogens with zero attached hydrogens (tertiary/aromatic N) is 1. The summed E-state index contributed by atoms with van der Waals surface area (Å²) < 4.78 is 25.2. The summed E-state index contributed by atoms with van der Waals surface area (Å²) in [5, 5.41) is 3.23. The Labute approximate surface area is 108 Å². The van der Waals surface area contributed by atoms with E-state index in [-0.39, 0.29) is 12.1 Å². The van der Waals surface area contributed by atoms with Gasteiger partial charge in [0.25, 0.3) is 6.43 Å². The summed E-state index contributed by atoms with van der Waals surface area (Å²) in [6.45, 7) is 1.48. The maximum absolute atomic E-state index is 12.6. The van der Waals surface area contributed by atoms with Crippen LogP contribution in [0, 0.1) is 6.92 Å². The predicted octanol–water partition coefficient (Wildman–Crippen LogP) is 2.28. The number of aryl methyl sites for hydroxylation is 1. The van der Waals surface area contributed by atoms with Crippen LogP contribution < -0.4 is 5.32 Å². The van der Waals surface area contributed by atoms with E-state index in [9.17, 15) is 13.6 Å². The Morgan fingerprint density at radius 2 is 2.28 bits per heavy atom. The Morgan fingerprint density at radius 3 is 2.78 bits per heavy atom. The van der Waals surface area contributed by atoms with Gasteiger partial charge in [0.2, 0.25) is 5.91 Å². The minimum atomic E-state index is -2.49. The highest BCUT2D eigenvalue weighted by molar-refractivity contribution is 7.12. The van der Waals surface area contributed by atoms with E-state index in [2.05, 4.69) is 5.32 Å². The summed E-state index contributed by atoms with van der Waals surface area (Å²) in [7, 11) is 0. The SMILES string of the molecule is Cc1ccc(C2NC3(CC3)C(=O)N2CC(F)F)s1. The van der Waals surface area contributed by atoms with Crippen LogP contribution in [0.4, 0.5) is 8.78 Å². The van der Waals surface area contributed by atoms with Crippen LogP contribution >= 0.6 is 11.3 Å². The smallest absolute Gasteiger partial charge is 0.255 e. The fourth-order valence-corrected chi connectivity index (χ4v) is 3.38. The lowest BCUT2D eigenvalue weighted by Crippen LogP contribution is -2.35. The van der Waals surface area contributed by atoms with Crippen LogP contribution in [0.2, 0.25) is 0 Å². The minimum Gasteiger partial charge on any atom is -0.315 e. The van der Waals surface area contributed by atoms with E-state index in [4.69, 9.17) is 0 Å². The molecule has 1 unspecified atom stereocenters.